The lowest BCUT2D eigenvalue weighted by atomic mass is 9.99. The van der Waals surface area contributed by atoms with Crippen LogP contribution >= 0.6 is 0 Å². The number of carbonyl (C=O) groups excluding carboxylic acids is 3. The molecule has 1 aliphatic carbocycles. The second kappa shape index (κ2) is 10.7. The van der Waals surface area contributed by atoms with Gasteiger partial charge in [-0.05, 0) is 63.6 Å². The highest BCUT2D eigenvalue weighted by molar-refractivity contribution is 6.09. The summed E-state index contributed by atoms with van der Waals surface area (Å²) in [6.45, 7) is 7.98. The number of rotatable bonds is 6. The van der Waals surface area contributed by atoms with Crippen LogP contribution in [0, 0.1) is 32.0 Å². The predicted molar refractivity (Wildman–Crippen MR) is 168 cm³/mol. The number of benzene rings is 1. The van der Waals surface area contributed by atoms with Crippen molar-refractivity contribution in [2.45, 2.75) is 72.3 Å². The number of halogens is 4. The van der Waals surface area contributed by atoms with E-state index < -0.39 is 35.5 Å². The summed E-state index contributed by atoms with van der Waals surface area (Å²) in [7, 11) is 0. The third-order valence-corrected chi connectivity index (χ3v) is 9.61. The van der Waals surface area contributed by atoms with Crippen LogP contribution in [0.4, 0.5) is 23.4 Å². The second-order valence-corrected chi connectivity index (χ2v) is 13.2. The molecule has 0 spiro atoms. The van der Waals surface area contributed by atoms with Crippen LogP contribution in [0.15, 0.2) is 42.9 Å². The first kappa shape index (κ1) is 31.5. The van der Waals surface area contributed by atoms with Crippen LogP contribution in [0.5, 0.6) is 0 Å². The maximum atomic E-state index is 16.1. The van der Waals surface area contributed by atoms with E-state index in [1.54, 1.807) is 29.8 Å². The van der Waals surface area contributed by atoms with Crippen molar-refractivity contribution in [3.63, 3.8) is 0 Å². The number of fused-ring (bicyclic) bond motifs is 3. The Balaban J connectivity index is 1.22. The van der Waals surface area contributed by atoms with Crippen LogP contribution in [0.3, 0.4) is 0 Å². The van der Waals surface area contributed by atoms with Crippen LogP contribution in [0.1, 0.15) is 59.6 Å². The molecule has 1 aromatic carbocycles. The van der Waals surface area contributed by atoms with Gasteiger partial charge in [0.15, 0.2) is 11.4 Å². The van der Waals surface area contributed by atoms with Gasteiger partial charge in [-0.25, -0.2) is 18.9 Å². The molecule has 7 rings (SSSR count). The number of hydrogen-bond donors (Lipinski definition) is 1. The molecule has 0 bridgehead atoms. The van der Waals surface area contributed by atoms with Gasteiger partial charge in [-0.3, -0.25) is 14.4 Å². The van der Waals surface area contributed by atoms with Crippen molar-refractivity contribution in [2.75, 3.05) is 5.32 Å². The summed E-state index contributed by atoms with van der Waals surface area (Å²) in [5.41, 5.74) is 1.78. The van der Waals surface area contributed by atoms with Crippen LogP contribution in [-0.2, 0) is 22.3 Å². The van der Waals surface area contributed by atoms with Gasteiger partial charge >= 0.3 is 6.18 Å². The summed E-state index contributed by atoms with van der Waals surface area (Å²) < 4.78 is 59.1. The van der Waals surface area contributed by atoms with E-state index in [1.807, 2.05) is 13.8 Å². The van der Waals surface area contributed by atoms with E-state index in [4.69, 9.17) is 0 Å². The summed E-state index contributed by atoms with van der Waals surface area (Å²) in [6.07, 6.45) is 1.01. The Morgan fingerprint density at radius 1 is 1.08 bits per heavy atom. The molecular formula is C34H31F4N7O3. The number of pyridine rings is 1. The molecule has 2 aliphatic rings. The zero-order valence-corrected chi connectivity index (χ0v) is 26.7. The Hall–Kier alpha value is -5.14. The highest BCUT2D eigenvalue weighted by Crippen LogP contribution is 2.59. The molecule has 1 N–H and O–H groups in total. The lowest BCUT2D eigenvalue weighted by Crippen LogP contribution is -2.46. The number of amides is 2. The number of alkyl halides is 3. The Kier molecular flexibility index (Phi) is 7.01. The predicted octanol–water partition coefficient (Wildman–Crippen LogP) is 6.05. The second-order valence-electron chi connectivity index (χ2n) is 13.2. The van der Waals surface area contributed by atoms with E-state index in [2.05, 4.69) is 20.4 Å². The number of anilines is 1. The summed E-state index contributed by atoms with van der Waals surface area (Å²) in [5, 5.41) is 7.33. The van der Waals surface area contributed by atoms with Gasteiger partial charge in [0.25, 0.3) is 0 Å². The molecule has 1 saturated heterocycles. The number of hydrogen-bond acceptors (Lipinski definition) is 6. The monoisotopic (exact) mass is 661 g/mol. The fourth-order valence-electron chi connectivity index (χ4n) is 7.00. The standard InChI is InChI=1S/C34H31F4N7O3/c1-16-6-7-25(34(36,37)38)40-31(16)41-32(48)24-10-33(5)11-26(33)45(24)28(47)15-43-14-23(19(4)46)22-9-21(29(35)18(3)30(22)43)20-12-39-27-8-17(2)42-44(27)13-20/h6-9,12-14,24,26H,10-11,15H2,1-5H3,(H,40,41,48)/t24-,26+,33-/m0/s1. The lowest BCUT2D eigenvalue weighted by molar-refractivity contribution is -0.141. The van der Waals surface area contributed by atoms with Crippen molar-refractivity contribution < 1.29 is 31.9 Å². The molecule has 2 fully saturated rings. The molecule has 48 heavy (non-hydrogen) atoms. The number of Topliss-reactive ketones (excluding diaryl/α,β-unsaturated/α-hetero) is 1. The SMILES string of the molecule is CC(=O)c1cn(CC(=O)N2[C@H](C(=O)Nc3nc(C(F)(F)F)ccc3C)C[C@@]3(C)C[C@@H]23)c2c(C)c(F)c(-c3cnc4cc(C)nn4c3)cc12. The normalized spacial score (nSPS) is 20.4. The molecule has 14 heteroatoms. The average molecular weight is 662 g/mol. The topological polar surface area (TPSA) is 114 Å². The van der Waals surface area contributed by atoms with Crippen molar-refractivity contribution in [2.24, 2.45) is 5.41 Å². The molecule has 10 nitrogen and oxygen atoms in total. The number of likely N-dealkylation sites (tertiary alicyclic amines) is 1. The van der Waals surface area contributed by atoms with Crippen molar-refractivity contribution in [1.29, 1.82) is 0 Å². The summed E-state index contributed by atoms with van der Waals surface area (Å²) in [5.74, 6) is -2.13. The summed E-state index contributed by atoms with van der Waals surface area (Å²) in [6, 6.07) is 4.23. The minimum Gasteiger partial charge on any atom is -0.337 e. The van der Waals surface area contributed by atoms with E-state index in [0.29, 0.717) is 46.1 Å². The number of aromatic nitrogens is 5. The maximum Gasteiger partial charge on any atom is 0.433 e. The van der Waals surface area contributed by atoms with Gasteiger partial charge in [-0.2, -0.15) is 18.3 Å². The number of piperidine rings is 1. The zero-order valence-electron chi connectivity index (χ0n) is 26.7. The quantitative estimate of drug-likeness (QED) is 0.175. The Morgan fingerprint density at radius 3 is 2.54 bits per heavy atom. The first-order valence-electron chi connectivity index (χ1n) is 15.4. The minimum absolute atomic E-state index is 0.220. The molecule has 5 aromatic rings. The van der Waals surface area contributed by atoms with Gasteiger partial charge < -0.3 is 14.8 Å². The maximum absolute atomic E-state index is 16.1. The molecule has 1 aliphatic heterocycles. The Bertz CT molecular complexity index is 2200. The fraction of sp³-hybridized carbons (Fsp3) is 0.353. The van der Waals surface area contributed by atoms with Crippen LogP contribution in [0.2, 0.25) is 0 Å². The summed E-state index contributed by atoms with van der Waals surface area (Å²) in [4.78, 5) is 49.8. The van der Waals surface area contributed by atoms with Gasteiger partial charge in [0.05, 0.1) is 11.2 Å². The highest BCUT2D eigenvalue weighted by atomic mass is 19.4. The number of carbonyl (C=O) groups is 3. The summed E-state index contributed by atoms with van der Waals surface area (Å²) >= 11 is 0. The molecule has 5 heterocycles. The first-order chi connectivity index (χ1) is 22.6. The van der Waals surface area contributed by atoms with Gasteiger partial charge in [0, 0.05) is 58.3 Å². The molecule has 3 atom stereocenters. The van der Waals surface area contributed by atoms with Crippen molar-refractivity contribution in [3.8, 4) is 11.1 Å². The number of nitrogens with zero attached hydrogens (tertiary/aromatic N) is 6. The van der Waals surface area contributed by atoms with E-state index in [1.165, 1.54) is 41.8 Å². The Morgan fingerprint density at radius 2 is 1.83 bits per heavy atom. The molecule has 2 amide bonds. The third kappa shape index (κ3) is 5.10. The van der Waals surface area contributed by atoms with Crippen molar-refractivity contribution >= 4 is 40.0 Å². The van der Waals surface area contributed by atoms with Crippen LogP contribution < -0.4 is 5.32 Å². The minimum atomic E-state index is -4.70. The van der Waals surface area contributed by atoms with Crippen LogP contribution in [0.25, 0.3) is 27.7 Å². The van der Waals surface area contributed by atoms with Gasteiger partial charge in [0.1, 0.15) is 29.9 Å². The largest absolute Gasteiger partial charge is 0.433 e. The van der Waals surface area contributed by atoms with Crippen LogP contribution in [-0.4, -0.2) is 58.7 Å². The van der Waals surface area contributed by atoms with Crippen molar-refractivity contribution in [3.05, 3.63) is 76.8 Å². The van der Waals surface area contributed by atoms with E-state index in [-0.39, 0.29) is 40.7 Å². The van der Waals surface area contributed by atoms with E-state index in [9.17, 15) is 27.6 Å². The number of nitrogens with one attached hydrogen (secondary N) is 1. The zero-order chi connectivity index (χ0) is 34.4. The van der Waals surface area contributed by atoms with Gasteiger partial charge in [-0.1, -0.05) is 13.0 Å². The van der Waals surface area contributed by atoms with E-state index in [0.717, 1.165) is 11.8 Å². The highest BCUT2D eigenvalue weighted by Gasteiger charge is 2.64. The Labute approximate surface area is 271 Å². The average Bonchev–Trinajstić information content (AvgIpc) is 3.27. The smallest absolute Gasteiger partial charge is 0.337 e. The van der Waals surface area contributed by atoms with E-state index >= 15 is 4.39 Å². The lowest BCUT2D eigenvalue weighted by Gasteiger charge is -2.27. The molecule has 248 valence electrons. The third-order valence-electron chi connectivity index (χ3n) is 9.61. The molecule has 0 radical (unpaired) electrons. The van der Waals surface area contributed by atoms with Gasteiger partial charge in [0.2, 0.25) is 11.8 Å². The first-order valence-corrected chi connectivity index (χ1v) is 15.4. The van der Waals surface area contributed by atoms with Gasteiger partial charge in [-0.15, -0.1) is 0 Å². The molecular weight excluding hydrogens is 630 g/mol. The molecule has 4 aromatic heterocycles. The molecule has 1 saturated carbocycles. The molecule has 0 unspecified atom stereocenters. The number of ketones is 1. The fourth-order valence-corrected chi connectivity index (χ4v) is 7.00. The van der Waals surface area contributed by atoms with Crippen molar-refractivity contribution in [1.82, 2.24) is 29.0 Å². The number of aryl methyl sites for hydroxylation is 3.